The fourth-order valence-electron chi connectivity index (χ4n) is 3.00. The zero-order valence-electron chi connectivity index (χ0n) is 14.8. The number of esters is 1. The van der Waals surface area contributed by atoms with Gasteiger partial charge in [-0.25, -0.2) is 9.78 Å². The summed E-state index contributed by atoms with van der Waals surface area (Å²) in [5.41, 5.74) is 0.966. The lowest BCUT2D eigenvalue weighted by atomic mass is 10.3. The number of aromatic nitrogens is 1. The van der Waals surface area contributed by atoms with E-state index in [4.69, 9.17) is 4.74 Å². The molecule has 0 radical (unpaired) electrons. The zero-order valence-corrected chi connectivity index (χ0v) is 16.4. The molecule has 1 N–H and O–H groups in total. The first kappa shape index (κ1) is 17.9. The highest BCUT2D eigenvalue weighted by Gasteiger charge is 2.27. The number of thiophene rings is 1. The maximum Gasteiger partial charge on any atom is 0.349 e. The number of rotatable bonds is 5. The van der Waals surface area contributed by atoms with E-state index in [1.165, 1.54) is 22.7 Å². The van der Waals surface area contributed by atoms with Gasteiger partial charge in [-0.2, -0.15) is 0 Å². The van der Waals surface area contributed by atoms with Gasteiger partial charge in [0.15, 0.2) is 11.2 Å². The Balaban J connectivity index is 1.42. The van der Waals surface area contributed by atoms with Gasteiger partial charge >= 0.3 is 5.97 Å². The van der Waals surface area contributed by atoms with Crippen molar-refractivity contribution in [1.29, 1.82) is 0 Å². The Hall–Kier alpha value is -2.45. The quantitative estimate of drug-likeness (QED) is 0.647. The van der Waals surface area contributed by atoms with Gasteiger partial charge in [-0.05, 0) is 38.0 Å². The molecule has 2 aromatic heterocycles. The lowest BCUT2D eigenvalue weighted by Gasteiger charge is -2.20. The first-order valence-corrected chi connectivity index (χ1v) is 10.5. The molecular formula is C19H19N3O3S2. The van der Waals surface area contributed by atoms with Crippen molar-refractivity contribution in [2.75, 3.05) is 18.4 Å². The molecule has 140 valence electrons. The number of hydrogen-bond acceptors (Lipinski definition) is 7. The van der Waals surface area contributed by atoms with Gasteiger partial charge in [0.25, 0.3) is 5.91 Å². The second-order valence-electron chi connectivity index (χ2n) is 6.37. The van der Waals surface area contributed by atoms with Crippen molar-refractivity contribution in [3.63, 3.8) is 0 Å². The van der Waals surface area contributed by atoms with Crippen LogP contribution in [0.1, 0.15) is 29.4 Å². The number of nitrogens with zero attached hydrogens (tertiary/aromatic N) is 2. The van der Waals surface area contributed by atoms with Gasteiger partial charge in [-0.15, -0.1) is 11.3 Å². The molecule has 4 rings (SSSR count). The summed E-state index contributed by atoms with van der Waals surface area (Å²) in [7, 11) is 0. The monoisotopic (exact) mass is 401 g/mol. The standard InChI is InChI=1S/C19H19N3O3S2/c1-12(17(23)22-9-5-6-10-22)25-18(24)15-11-14-16(26-15)21-19(27-14)20-13-7-3-2-4-8-13/h2-4,7-8,11-12H,5-6,9-10H2,1H3,(H,20,21)/t12-/m1/s1. The summed E-state index contributed by atoms with van der Waals surface area (Å²) in [5.74, 6) is -0.588. The van der Waals surface area contributed by atoms with Gasteiger partial charge in [0.05, 0.1) is 4.70 Å². The predicted octanol–water partition coefficient (Wildman–Crippen LogP) is 4.27. The molecule has 0 spiro atoms. The molecule has 1 amide bonds. The Morgan fingerprint density at radius 2 is 1.93 bits per heavy atom. The van der Waals surface area contributed by atoms with Crippen LogP contribution in [0.3, 0.4) is 0 Å². The van der Waals surface area contributed by atoms with Crippen LogP contribution in [0.25, 0.3) is 9.53 Å². The molecule has 0 bridgehead atoms. The van der Waals surface area contributed by atoms with Crippen LogP contribution in [0.4, 0.5) is 10.8 Å². The Morgan fingerprint density at radius 3 is 2.63 bits per heavy atom. The number of nitrogens with one attached hydrogen (secondary N) is 1. The molecule has 1 atom stereocenters. The van der Waals surface area contributed by atoms with Crippen LogP contribution in [0.15, 0.2) is 36.4 Å². The molecule has 1 aliphatic heterocycles. The smallest absolute Gasteiger partial charge is 0.349 e. The number of likely N-dealkylation sites (tertiary alicyclic amines) is 1. The van der Waals surface area contributed by atoms with Gasteiger partial charge in [0.2, 0.25) is 0 Å². The maximum atomic E-state index is 12.4. The lowest BCUT2D eigenvalue weighted by Crippen LogP contribution is -2.38. The Labute approximate surface area is 164 Å². The van der Waals surface area contributed by atoms with E-state index in [0.29, 0.717) is 4.88 Å². The molecule has 1 saturated heterocycles. The average Bonchev–Trinajstić information content (AvgIpc) is 3.38. The summed E-state index contributed by atoms with van der Waals surface area (Å²) < 4.78 is 6.30. The number of carbonyl (C=O) groups excluding carboxylic acids is 2. The first-order valence-electron chi connectivity index (χ1n) is 8.82. The van der Waals surface area contributed by atoms with Crippen molar-refractivity contribution in [1.82, 2.24) is 9.88 Å². The van der Waals surface area contributed by atoms with Crippen molar-refractivity contribution >= 4 is 54.9 Å². The Morgan fingerprint density at radius 1 is 1.19 bits per heavy atom. The number of para-hydroxylation sites is 1. The highest BCUT2D eigenvalue weighted by atomic mass is 32.1. The molecular weight excluding hydrogens is 382 g/mol. The third kappa shape index (κ3) is 3.96. The number of amides is 1. The van der Waals surface area contributed by atoms with E-state index in [1.54, 1.807) is 17.9 Å². The molecule has 0 saturated carbocycles. The minimum atomic E-state index is -0.765. The highest BCUT2D eigenvalue weighted by Crippen LogP contribution is 2.34. The van der Waals surface area contributed by atoms with E-state index >= 15 is 0 Å². The van der Waals surface area contributed by atoms with E-state index in [2.05, 4.69) is 10.3 Å². The Kier molecular flexibility index (Phi) is 5.09. The summed E-state index contributed by atoms with van der Waals surface area (Å²) in [6.07, 6.45) is 1.26. The van der Waals surface area contributed by atoms with Crippen LogP contribution >= 0.6 is 22.7 Å². The van der Waals surface area contributed by atoms with E-state index < -0.39 is 12.1 Å². The average molecular weight is 402 g/mol. The minimum absolute atomic E-state index is 0.119. The zero-order chi connectivity index (χ0) is 18.8. The van der Waals surface area contributed by atoms with E-state index in [9.17, 15) is 9.59 Å². The van der Waals surface area contributed by atoms with Gasteiger partial charge in [0.1, 0.15) is 9.71 Å². The fraction of sp³-hybridized carbons (Fsp3) is 0.316. The minimum Gasteiger partial charge on any atom is -0.448 e. The number of ether oxygens (including phenoxy) is 1. The summed E-state index contributed by atoms with van der Waals surface area (Å²) >= 11 is 2.76. The van der Waals surface area contributed by atoms with Gasteiger partial charge in [-0.1, -0.05) is 29.5 Å². The molecule has 1 fully saturated rings. The second-order valence-corrected chi connectivity index (χ2v) is 8.43. The van der Waals surface area contributed by atoms with E-state index in [-0.39, 0.29) is 5.91 Å². The predicted molar refractivity (Wildman–Crippen MR) is 108 cm³/mol. The summed E-state index contributed by atoms with van der Waals surface area (Å²) in [6, 6.07) is 11.6. The molecule has 6 nitrogen and oxygen atoms in total. The van der Waals surface area contributed by atoms with Gasteiger partial charge in [-0.3, -0.25) is 4.79 Å². The van der Waals surface area contributed by atoms with Crippen molar-refractivity contribution in [3.05, 3.63) is 41.3 Å². The lowest BCUT2D eigenvalue weighted by molar-refractivity contribution is -0.138. The number of hydrogen-bond donors (Lipinski definition) is 1. The van der Waals surface area contributed by atoms with Crippen LogP contribution in [0, 0.1) is 0 Å². The largest absolute Gasteiger partial charge is 0.448 e. The summed E-state index contributed by atoms with van der Waals surface area (Å²) in [4.78, 5) is 32.2. The van der Waals surface area contributed by atoms with Crippen molar-refractivity contribution < 1.29 is 14.3 Å². The second kappa shape index (κ2) is 7.66. The van der Waals surface area contributed by atoms with Crippen LogP contribution < -0.4 is 5.32 Å². The molecule has 3 aromatic rings. The molecule has 3 heterocycles. The number of anilines is 2. The third-order valence-electron chi connectivity index (χ3n) is 4.36. The number of benzene rings is 1. The van der Waals surface area contributed by atoms with Crippen molar-refractivity contribution in [3.8, 4) is 0 Å². The SMILES string of the molecule is C[C@@H](OC(=O)c1cc2sc(Nc3ccccc3)nc2s1)C(=O)N1CCCC1. The number of thiazole rings is 1. The number of fused-ring (bicyclic) bond motifs is 1. The van der Waals surface area contributed by atoms with Crippen LogP contribution in [0.5, 0.6) is 0 Å². The van der Waals surface area contributed by atoms with Crippen LogP contribution in [-0.2, 0) is 9.53 Å². The van der Waals surface area contributed by atoms with Crippen molar-refractivity contribution in [2.45, 2.75) is 25.9 Å². The van der Waals surface area contributed by atoms with E-state index in [1.807, 2.05) is 30.3 Å². The normalized spacial score (nSPS) is 15.1. The molecule has 1 aliphatic rings. The fourth-order valence-corrected chi connectivity index (χ4v) is 5.02. The van der Waals surface area contributed by atoms with Crippen LogP contribution in [0.2, 0.25) is 0 Å². The molecule has 0 unspecified atom stereocenters. The summed E-state index contributed by atoms with van der Waals surface area (Å²) in [6.45, 7) is 3.13. The molecule has 8 heteroatoms. The highest BCUT2D eigenvalue weighted by molar-refractivity contribution is 7.29. The Bertz CT molecular complexity index is 930. The topological polar surface area (TPSA) is 71.5 Å². The molecule has 27 heavy (non-hydrogen) atoms. The molecule has 1 aromatic carbocycles. The maximum absolute atomic E-state index is 12.4. The van der Waals surface area contributed by atoms with Crippen LogP contribution in [-0.4, -0.2) is 41.0 Å². The van der Waals surface area contributed by atoms with E-state index in [0.717, 1.165) is 46.3 Å². The number of carbonyl (C=O) groups is 2. The van der Waals surface area contributed by atoms with Gasteiger partial charge in [0, 0.05) is 18.8 Å². The van der Waals surface area contributed by atoms with Crippen molar-refractivity contribution in [2.24, 2.45) is 0 Å². The molecule has 0 aliphatic carbocycles. The summed E-state index contributed by atoms with van der Waals surface area (Å²) in [5, 5.41) is 4.03. The first-order chi connectivity index (χ1) is 13.1. The third-order valence-corrected chi connectivity index (χ3v) is 6.42. The van der Waals surface area contributed by atoms with Gasteiger partial charge < -0.3 is 15.0 Å².